The zero-order valence-corrected chi connectivity index (χ0v) is 20.2. The Balaban J connectivity index is 1.54. The Hall–Kier alpha value is -2.20. The number of nitrogens with zero attached hydrogens (tertiary/aromatic N) is 2. The normalized spacial score (nSPS) is 12.5. The number of H-pyrrole nitrogens is 1. The van der Waals surface area contributed by atoms with Crippen LogP contribution in [-0.4, -0.2) is 39.8 Å². The lowest BCUT2D eigenvalue weighted by molar-refractivity contribution is 0.102. The third-order valence-electron chi connectivity index (χ3n) is 5.18. The number of methoxy groups -OCH3 is 1. The van der Waals surface area contributed by atoms with Crippen LogP contribution >= 0.6 is 34.4 Å². The number of Topliss-reactive ketones (excluding diaryl/α,β-unsaturated/α-hetero) is 1. The third kappa shape index (κ3) is 4.27. The molecule has 1 unspecified atom stereocenters. The van der Waals surface area contributed by atoms with Crippen LogP contribution in [0.2, 0.25) is 0 Å². The molecule has 6 nitrogen and oxygen atoms in total. The fraction of sp³-hybridized carbons (Fsp3) is 0.318. The van der Waals surface area contributed by atoms with Crippen LogP contribution in [0.5, 0.6) is 0 Å². The van der Waals surface area contributed by atoms with Gasteiger partial charge in [0.15, 0.2) is 10.9 Å². The first-order chi connectivity index (χ1) is 14.9. The summed E-state index contributed by atoms with van der Waals surface area (Å²) < 4.78 is 7.39. The van der Waals surface area contributed by atoms with Gasteiger partial charge in [0.2, 0.25) is 0 Å². The molecule has 162 valence electrons. The summed E-state index contributed by atoms with van der Waals surface area (Å²) >= 11 is 4.31. The number of carbonyl (C=O) groups is 1. The molecular weight excluding hydrogens is 450 g/mol. The van der Waals surface area contributed by atoms with Gasteiger partial charge in [0.1, 0.15) is 4.83 Å². The van der Waals surface area contributed by atoms with Gasteiger partial charge in [-0.15, -0.1) is 22.7 Å². The molecule has 0 bridgehead atoms. The molecule has 4 rings (SSSR count). The second-order valence-corrected chi connectivity index (χ2v) is 10.1. The Morgan fingerprint density at radius 3 is 2.87 bits per heavy atom. The summed E-state index contributed by atoms with van der Waals surface area (Å²) in [6.45, 7) is 6.61. The molecule has 0 spiro atoms. The van der Waals surface area contributed by atoms with E-state index in [0.717, 1.165) is 21.8 Å². The van der Waals surface area contributed by atoms with Crippen LogP contribution in [0.1, 0.15) is 34.7 Å². The van der Waals surface area contributed by atoms with Crippen molar-refractivity contribution in [3.05, 3.63) is 56.3 Å². The van der Waals surface area contributed by atoms with Crippen LogP contribution in [0.4, 0.5) is 0 Å². The van der Waals surface area contributed by atoms with E-state index in [0.29, 0.717) is 27.5 Å². The van der Waals surface area contributed by atoms with Crippen molar-refractivity contribution in [1.29, 1.82) is 0 Å². The predicted octanol–water partition coefficient (Wildman–Crippen LogP) is 5.31. The third-order valence-corrected chi connectivity index (χ3v) is 7.83. The van der Waals surface area contributed by atoms with Gasteiger partial charge in [-0.25, -0.2) is 4.98 Å². The molecule has 31 heavy (non-hydrogen) atoms. The van der Waals surface area contributed by atoms with E-state index in [1.54, 1.807) is 18.4 Å². The maximum atomic E-state index is 12.9. The van der Waals surface area contributed by atoms with Crippen LogP contribution < -0.4 is 5.56 Å². The van der Waals surface area contributed by atoms with E-state index in [-0.39, 0.29) is 23.1 Å². The van der Waals surface area contributed by atoms with E-state index in [4.69, 9.17) is 4.74 Å². The molecule has 0 saturated heterocycles. The minimum absolute atomic E-state index is 0.0159. The molecule has 4 aromatic heterocycles. The van der Waals surface area contributed by atoms with Gasteiger partial charge in [0.25, 0.3) is 5.56 Å². The molecule has 0 aliphatic rings. The molecule has 1 atom stereocenters. The van der Waals surface area contributed by atoms with E-state index < -0.39 is 0 Å². The average molecular weight is 474 g/mol. The fourth-order valence-electron chi connectivity index (χ4n) is 3.88. The lowest BCUT2D eigenvalue weighted by atomic mass is 10.2. The number of nitrogens with one attached hydrogen (secondary N) is 1. The molecule has 4 aromatic rings. The number of hydrogen-bond donors (Lipinski definition) is 1. The molecule has 9 heteroatoms. The van der Waals surface area contributed by atoms with Crippen molar-refractivity contribution in [3.8, 4) is 10.4 Å². The number of aromatic nitrogens is 3. The number of thiophene rings is 2. The molecule has 0 radical (unpaired) electrons. The van der Waals surface area contributed by atoms with Gasteiger partial charge >= 0.3 is 0 Å². The van der Waals surface area contributed by atoms with Gasteiger partial charge < -0.3 is 14.3 Å². The smallest absolute Gasteiger partial charge is 0.260 e. The van der Waals surface area contributed by atoms with Crippen LogP contribution in [0.25, 0.3) is 20.7 Å². The minimum atomic E-state index is -0.170. The fourth-order valence-corrected chi connectivity index (χ4v) is 6.44. The molecule has 4 heterocycles. The predicted molar refractivity (Wildman–Crippen MR) is 129 cm³/mol. The molecular formula is C22H23N3O3S3. The molecule has 1 N–H and O–H groups in total. The monoisotopic (exact) mass is 473 g/mol. The molecule has 0 amide bonds. The van der Waals surface area contributed by atoms with Gasteiger partial charge in [-0.2, -0.15) is 0 Å². The maximum absolute atomic E-state index is 12.9. The van der Waals surface area contributed by atoms with E-state index in [2.05, 4.69) is 21.5 Å². The second kappa shape index (κ2) is 9.12. The summed E-state index contributed by atoms with van der Waals surface area (Å²) in [7, 11) is 1.68. The highest BCUT2D eigenvalue weighted by Crippen LogP contribution is 2.34. The Morgan fingerprint density at radius 2 is 2.16 bits per heavy atom. The Bertz CT molecular complexity index is 1280. The van der Waals surface area contributed by atoms with Crippen molar-refractivity contribution in [3.63, 3.8) is 0 Å². The molecule has 0 saturated carbocycles. The number of aryl methyl sites for hydroxylation is 1. The van der Waals surface area contributed by atoms with Crippen molar-refractivity contribution in [2.75, 3.05) is 19.5 Å². The molecule has 0 aliphatic carbocycles. The number of rotatable bonds is 8. The average Bonchev–Trinajstić information content (AvgIpc) is 3.45. The summed E-state index contributed by atoms with van der Waals surface area (Å²) in [5, 5.41) is 5.03. The van der Waals surface area contributed by atoms with Gasteiger partial charge in [-0.3, -0.25) is 9.59 Å². The highest BCUT2D eigenvalue weighted by Gasteiger charge is 2.20. The lowest BCUT2D eigenvalue weighted by Gasteiger charge is -2.17. The van der Waals surface area contributed by atoms with Gasteiger partial charge in [-0.1, -0.05) is 17.8 Å². The van der Waals surface area contributed by atoms with Gasteiger partial charge in [0.05, 0.1) is 23.8 Å². The standard InChI is InChI=1S/C22H23N3O3S3/c1-12-8-15(14(3)25(12)13(2)9-28-4)17(26)11-31-22-23-20(27)19-16(10-30-21(19)24-22)18-6-5-7-29-18/h5-8,10,13H,9,11H2,1-4H3,(H,23,24,27). The van der Waals surface area contributed by atoms with Crippen molar-refractivity contribution in [2.24, 2.45) is 0 Å². The SMILES string of the molecule is COCC(C)n1c(C)cc(C(=O)CSc2nc3scc(-c4cccs4)c3c(=O)[nH]2)c1C. The molecule has 0 aliphatic heterocycles. The number of aromatic amines is 1. The summed E-state index contributed by atoms with van der Waals surface area (Å²) in [4.78, 5) is 34.8. The minimum Gasteiger partial charge on any atom is -0.383 e. The molecule has 0 aromatic carbocycles. The highest BCUT2D eigenvalue weighted by atomic mass is 32.2. The van der Waals surface area contributed by atoms with Crippen molar-refractivity contribution >= 4 is 50.4 Å². The Labute approximate surface area is 192 Å². The number of carbonyl (C=O) groups excluding carboxylic acids is 1. The Morgan fingerprint density at radius 1 is 1.35 bits per heavy atom. The first-order valence-corrected chi connectivity index (χ1v) is 12.5. The number of ether oxygens (including phenoxy) is 1. The maximum Gasteiger partial charge on any atom is 0.260 e. The van der Waals surface area contributed by atoms with Gasteiger partial charge in [0, 0.05) is 39.9 Å². The van der Waals surface area contributed by atoms with E-state index in [9.17, 15) is 9.59 Å². The molecule has 0 fully saturated rings. The van der Waals surface area contributed by atoms with Crippen LogP contribution in [0.3, 0.4) is 0 Å². The van der Waals surface area contributed by atoms with Crippen molar-refractivity contribution in [2.45, 2.75) is 32.0 Å². The first-order valence-electron chi connectivity index (χ1n) is 9.79. The van der Waals surface area contributed by atoms with E-state index >= 15 is 0 Å². The largest absolute Gasteiger partial charge is 0.383 e. The van der Waals surface area contributed by atoms with E-state index in [1.165, 1.54) is 23.1 Å². The number of ketones is 1. The summed E-state index contributed by atoms with van der Waals surface area (Å²) in [6.07, 6.45) is 0. The van der Waals surface area contributed by atoms with Crippen LogP contribution in [0, 0.1) is 13.8 Å². The number of thioether (sulfide) groups is 1. The topological polar surface area (TPSA) is 77.0 Å². The summed E-state index contributed by atoms with van der Waals surface area (Å²) in [5.41, 5.74) is 3.41. The quantitative estimate of drug-likeness (QED) is 0.213. The van der Waals surface area contributed by atoms with Crippen LogP contribution in [-0.2, 0) is 4.74 Å². The van der Waals surface area contributed by atoms with Crippen molar-refractivity contribution in [1.82, 2.24) is 14.5 Å². The van der Waals surface area contributed by atoms with Crippen molar-refractivity contribution < 1.29 is 9.53 Å². The zero-order chi connectivity index (χ0) is 22.1. The first kappa shape index (κ1) is 22.0. The number of hydrogen-bond acceptors (Lipinski definition) is 7. The highest BCUT2D eigenvalue weighted by molar-refractivity contribution is 7.99. The second-order valence-electron chi connectivity index (χ2n) is 7.35. The van der Waals surface area contributed by atoms with Crippen LogP contribution in [0.15, 0.2) is 38.9 Å². The lowest BCUT2D eigenvalue weighted by Crippen LogP contribution is -2.15. The summed E-state index contributed by atoms with van der Waals surface area (Å²) in [6, 6.07) is 6.04. The summed E-state index contributed by atoms with van der Waals surface area (Å²) in [5.74, 6) is 0.225. The zero-order valence-electron chi connectivity index (χ0n) is 17.7. The van der Waals surface area contributed by atoms with Gasteiger partial charge in [-0.05, 0) is 38.3 Å². The van der Waals surface area contributed by atoms with E-state index in [1.807, 2.05) is 42.8 Å². The Kier molecular flexibility index (Phi) is 6.47. The number of fused-ring (bicyclic) bond motifs is 1.